The molecule has 1 unspecified atom stereocenters. The van der Waals surface area contributed by atoms with Gasteiger partial charge >= 0.3 is 5.97 Å². The molecule has 4 nitrogen and oxygen atoms in total. The number of para-hydroxylation sites is 1. The molecule has 38 heavy (non-hydrogen) atoms. The summed E-state index contributed by atoms with van der Waals surface area (Å²) in [7, 11) is 0. The van der Waals surface area contributed by atoms with Gasteiger partial charge in [0.1, 0.15) is 0 Å². The van der Waals surface area contributed by atoms with Gasteiger partial charge in [0.05, 0.1) is 11.1 Å². The second-order valence-corrected chi connectivity index (χ2v) is 13.4. The average Bonchev–Trinajstić information content (AvgIpc) is 3.25. The monoisotopic (exact) mass is 507 g/mol. The van der Waals surface area contributed by atoms with Crippen LogP contribution in [0.15, 0.2) is 66.7 Å². The quantitative estimate of drug-likeness (QED) is 0.336. The number of Topliss-reactive ketones (excluding diaryl/α,β-unsaturated/α-hetero) is 1. The van der Waals surface area contributed by atoms with Crippen molar-refractivity contribution in [3.63, 3.8) is 0 Å². The Morgan fingerprint density at radius 3 is 2.05 bits per heavy atom. The van der Waals surface area contributed by atoms with Crippen molar-refractivity contribution in [3.8, 4) is 5.69 Å². The molecule has 8 rings (SSSR count). The van der Waals surface area contributed by atoms with E-state index in [2.05, 4.69) is 30.5 Å². The molecule has 4 bridgehead atoms. The summed E-state index contributed by atoms with van der Waals surface area (Å²) in [5.41, 5.74) is 4.16. The second-order valence-electron chi connectivity index (χ2n) is 13.4. The van der Waals surface area contributed by atoms with E-state index < -0.39 is 6.10 Å². The molecule has 0 spiro atoms. The maximum atomic E-state index is 14.2. The molecule has 0 aliphatic heterocycles. The lowest BCUT2D eigenvalue weighted by Crippen LogP contribution is -2.50. The lowest BCUT2D eigenvalue weighted by atomic mass is 9.49. The number of ketones is 1. The number of ether oxygens (including phenoxy) is 1. The van der Waals surface area contributed by atoms with E-state index in [1.54, 1.807) is 0 Å². The summed E-state index contributed by atoms with van der Waals surface area (Å²) in [4.78, 5) is 27.6. The van der Waals surface area contributed by atoms with E-state index in [-0.39, 0.29) is 22.6 Å². The van der Waals surface area contributed by atoms with Crippen LogP contribution in [0.25, 0.3) is 5.69 Å². The SMILES string of the molecule is CC1(C)CC(=O)c2cc(C(OC(=O)C34CC5CC(CC(C5)C3)C4)c3ccccc3)n(-c3ccccc3)c2C1. The minimum atomic E-state index is -0.571. The van der Waals surface area contributed by atoms with Gasteiger partial charge in [0.2, 0.25) is 0 Å². The highest BCUT2D eigenvalue weighted by Crippen LogP contribution is 2.60. The molecule has 0 saturated heterocycles. The first-order valence-electron chi connectivity index (χ1n) is 14.4. The molecule has 4 heteroatoms. The highest BCUT2D eigenvalue weighted by Gasteiger charge is 2.56. The number of esters is 1. The molecule has 3 aromatic rings. The second kappa shape index (κ2) is 8.69. The number of nitrogens with zero attached hydrogens (tertiary/aromatic N) is 1. The predicted molar refractivity (Wildman–Crippen MR) is 147 cm³/mol. The molecule has 0 radical (unpaired) electrons. The van der Waals surface area contributed by atoms with Gasteiger partial charge in [0.25, 0.3) is 0 Å². The van der Waals surface area contributed by atoms with Crippen molar-refractivity contribution in [2.45, 2.75) is 71.3 Å². The van der Waals surface area contributed by atoms with Gasteiger partial charge < -0.3 is 9.30 Å². The van der Waals surface area contributed by atoms with Crippen molar-refractivity contribution < 1.29 is 14.3 Å². The number of carbonyl (C=O) groups is 2. The van der Waals surface area contributed by atoms with Crippen molar-refractivity contribution in [1.82, 2.24) is 4.57 Å². The van der Waals surface area contributed by atoms with Crippen LogP contribution in [0.4, 0.5) is 0 Å². The molecule has 1 aromatic heterocycles. The van der Waals surface area contributed by atoms with Gasteiger partial charge in [-0.3, -0.25) is 9.59 Å². The lowest BCUT2D eigenvalue weighted by molar-refractivity contribution is -0.175. The lowest BCUT2D eigenvalue weighted by Gasteiger charge is -2.55. The molecule has 4 fully saturated rings. The number of hydrogen-bond donors (Lipinski definition) is 0. The first-order chi connectivity index (χ1) is 18.3. The Labute approximate surface area is 225 Å². The fraction of sp³-hybridized carbons (Fsp3) is 0.471. The molecule has 196 valence electrons. The smallest absolute Gasteiger partial charge is 0.313 e. The van der Waals surface area contributed by atoms with Gasteiger partial charge in [-0.05, 0) is 91.9 Å². The van der Waals surface area contributed by atoms with Gasteiger partial charge in [-0.25, -0.2) is 0 Å². The minimum Gasteiger partial charge on any atom is -0.451 e. The number of aromatic nitrogens is 1. The summed E-state index contributed by atoms with van der Waals surface area (Å²) in [5, 5.41) is 0. The molecule has 5 aliphatic carbocycles. The van der Waals surface area contributed by atoms with Gasteiger partial charge in [-0.1, -0.05) is 62.4 Å². The van der Waals surface area contributed by atoms with Crippen LogP contribution in [-0.4, -0.2) is 16.3 Å². The summed E-state index contributed by atoms with van der Waals surface area (Å²) in [6, 6.07) is 22.3. The topological polar surface area (TPSA) is 48.3 Å². The van der Waals surface area contributed by atoms with Gasteiger partial charge in [0.15, 0.2) is 11.9 Å². The van der Waals surface area contributed by atoms with E-state index in [1.165, 1.54) is 19.3 Å². The first-order valence-corrected chi connectivity index (χ1v) is 14.4. The third-order valence-electron chi connectivity index (χ3n) is 9.80. The van der Waals surface area contributed by atoms with E-state index >= 15 is 0 Å². The molecule has 5 aliphatic rings. The number of fused-ring (bicyclic) bond motifs is 1. The van der Waals surface area contributed by atoms with Crippen LogP contribution in [0.1, 0.15) is 92.2 Å². The Hall–Kier alpha value is -3.14. The largest absolute Gasteiger partial charge is 0.451 e. The van der Waals surface area contributed by atoms with Crippen LogP contribution in [0.5, 0.6) is 0 Å². The summed E-state index contributed by atoms with van der Waals surface area (Å²) >= 11 is 0. The number of benzene rings is 2. The van der Waals surface area contributed by atoms with Gasteiger partial charge in [0, 0.05) is 23.4 Å². The van der Waals surface area contributed by atoms with Crippen LogP contribution < -0.4 is 0 Å². The zero-order chi connectivity index (χ0) is 26.1. The molecule has 2 aromatic carbocycles. The van der Waals surface area contributed by atoms with Crippen LogP contribution in [0, 0.1) is 28.6 Å². The van der Waals surface area contributed by atoms with Gasteiger partial charge in [-0.2, -0.15) is 0 Å². The zero-order valence-electron chi connectivity index (χ0n) is 22.5. The van der Waals surface area contributed by atoms with Crippen molar-refractivity contribution in [2.75, 3.05) is 0 Å². The number of rotatable bonds is 5. The van der Waals surface area contributed by atoms with Crippen LogP contribution in [-0.2, 0) is 16.0 Å². The maximum Gasteiger partial charge on any atom is 0.313 e. The highest BCUT2D eigenvalue weighted by atomic mass is 16.5. The predicted octanol–water partition coefficient (Wildman–Crippen LogP) is 7.48. The van der Waals surface area contributed by atoms with Crippen molar-refractivity contribution >= 4 is 11.8 Å². The Bertz CT molecular complexity index is 1350. The molecule has 1 heterocycles. The maximum absolute atomic E-state index is 14.2. The first kappa shape index (κ1) is 23.9. The molecule has 0 amide bonds. The minimum absolute atomic E-state index is 0.0316. The summed E-state index contributed by atoms with van der Waals surface area (Å²) in [6.07, 6.45) is 7.54. The standard InChI is InChI=1S/C34H37NO3/c1-33(2)20-29-27(30(36)21-33)16-28(35(29)26-11-7-4-8-12-26)31(25-9-5-3-6-10-25)38-32(37)34-17-22-13-23(18-34)15-24(14-22)19-34/h3-12,16,22-24,31H,13-15,17-21H2,1-2H3. The van der Waals surface area contributed by atoms with Crippen molar-refractivity contribution in [2.24, 2.45) is 28.6 Å². The molecule has 4 saturated carbocycles. The number of hydrogen-bond acceptors (Lipinski definition) is 3. The van der Waals surface area contributed by atoms with E-state index in [4.69, 9.17) is 4.74 Å². The van der Waals surface area contributed by atoms with Crippen LogP contribution >= 0.6 is 0 Å². The fourth-order valence-electron chi connectivity index (χ4n) is 8.63. The van der Waals surface area contributed by atoms with E-state index in [0.29, 0.717) is 24.2 Å². The Morgan fingerprint density at radius 1 is 0.868 bits per heavy atom. The molecule has 0 N–H and O–H groups in total. The van der Waals surface area contributed by atoms with Gasteiger partial charge in [-0.15, -0.1) is 0 Å². The highest BCUT2D eigenvalue weighted by molar-refractivity contribution is 5.99. The number of carbonyl (C=O) groups excluding carboxylic acids is 2. The Morgan fingerprint density at radius 2 is 1.45 bits per heavy atom. The fourth-order valence-corrected chi connectivity index (χ4v) is 8.63. The Kier molecular flexibility index (Phi) is 5.48. The van der Waals surface area contributed by atoms with Crippen LogP contribution in [0.2, 0.25) is 0 Å². The van der Waals surface area contributed by atoms with Crippen molar-refractivity contribution in [3.05, 3.63) is 89.2 Å². The normalized spacial score (nSPS) is 29.6. The van der Waals surface area contributed by atoms with E-state index in [1.807, 2.05) is 54.6 Å². The molecular weight excluding hydrogens is 470 g/mol. The summed E-state index contributed by atoms with van der Waals surface area (Å²) < 4.78 is 8.87. The van der Waals surface area contributed by atoms with Crippen LogP contribution in [0.3, 0.4) is 0 Å². The Balaban J connectivity index is 1.35. The zero-order valence-corrected chi connectivity index (χ0v) is 22.5. The molecular formula is C34H37NO3. The molecule has 1 atom stereocenters. The third kappa shape index (κ3) is 3.95. The van der Waals surface area contributed by atoms with Crippen molar-refractivity contribution in [1.29, 1.82) is 0 Å². The third-order valence-corrected chi connectivity index (χ3v) is 9.80. The van der Waals surface area contributed by atoms with E-state index in [9.17, 15) is 9.59 Å². The summed E-state index contributed by atoms with van der Waals surface area (Å²) in [5.74, 6) is 2.15. The average molecular weight is 508 g/mol. The summed E-state index contributed by atoms with van der Waals surface area (Å²) in [6.45, 7) is 4.33. The van der Waals surface area contributed by atoms with E-state index in [0.717, 1.165) is 53.9 Å².